The van der Waals surface area contributed by atoms with Gasteiger partial charge in [-0.1, -0.05) is 11.6 Å². The van der Waals surface area contributed by atoms with Crippen molar-refractivity contribution in [3.8, 4) is 11.5 Å². The molecule has 0 unspecified atom stereocenters. The molecule has 0 fully saturated rings. The first-order chi connectivity index (χ1) is 14.2. The largest absolute Gasteiger partial charge is 0.493 e. The summed E-state index contributed by atoms with van der Waals surface area (Å²) in [7, 11) is 2.96. The van der Waals surface area contributed by atoms with E-state index >= 15 is 0 Å². The monoisotopic (exact) mass is 440 g/mol. The van der Waals surface area contributed by atoms with Crippen LogP contribution in [0.15, 0.2) is 29.1 Å². The first-order valence-electron chi connectivity index (χ1n) is 8.51. The van der Waals surface area contributed by atoms with Crippen LogP contribution in [0.1, 0.15) is 11.1 Å². The highest BCUT2D eigenvalue weighted by Crippen LogP contribution is 2.34. The van der Waals surface area contributed by atoms with Gasteiger partial charge in [0.05, 0.1) is 20.8 Å². The van der Waals surface area contributed by atoms with Crippen LogP contribution in [0.5, 0.6) is 11.5 Å². The number of methoxy groups -OCH3 is 2. The third kappa shape index (κ3) is 4.33. The topological polar surface area (TPSA) is 78.3 Å². The van der Waals surface area contributed by atoms with Gasteiger partial charge >= 0.3 is 5.56 Å². The number of aromatic nitrogens is 3. The Hall–Kier alpha value is -3.27. The van der Waals surface area contributed by atoms with E-state index in [1.807, 2.05) is 0 Å². The van der Waals surface area contributed by atoms with Gasteiger partial charge in [0.25, 0.3) is 0 Å². The van der Waals surface area contributed by atoms with Gasteiger partial charge in [-0.15, -0.1) is 0 Å². The number of benzene rings is 2. The van der Waals surface area contributed by atoms with Crippen molar-refractivity contribution < 1.29 is 22.6 Å². The molecule has 0 aliphatic carbocycles. The SMILES string of the molecule is COc1cc(C)c(Nc2nc(=O)c(Cl)nn2Cc2cc(F)c(F)c(F)c2)cc1OC. The zero-order valence-corrected chi connectivity index (χ0v) is 16.9. The fourth-order valence-electron chi connectivity index (χ4n) is 2.71. The quantitative estimate of drug-likeness (QED) is 0.587. The highest BCUT2D eigenvalue weighted by atomic mass is 35.5. The summed E-state index contributed by atoms with van der Waals surface area (Å²) in [6.45, 7) is 1.54. The second-order valence-electron chi connectivity index (χ2n) is 6.21. The van der Waals surface area contributed by atoms with E-state index in [4.69, 9.17) is 21.1 Å². The molecular formula is C19H16ClF3N4O3. The third-order valence-electron chi connectivity index (χ3n) is 4.19. The van der Waals surface area contributed by atoms with Gasteiger partial charge in [-0.05, 0) is 36.2 Å². The number of aryl methyl sites for hydroxylation is 1. The summed E-state index contributed by atoms with van der Waals surface area (Å²) in [4.78, 5) is 15.8. The van der Waals surface area contributed by atoms with Crippen molar-refractivity contribution in [2.75, 3.05) is 19.5 Å². The second-order valence-corrected chi connectivity index (χ2v) is 6.57. The van der Waals surface area contributed by atoms with Crippen LogP contribution in [0.4, 0.5) is 24.8 Å². The minimum absolute atomic E-state index is 0.0486. The first kappa shape index (κ1) is 21.4. The number of hydrogen-bond donors (Lipinski definition) is 1. The van der Waals surface area contributed by atoms with E-state index in [0.29, 0.717) is 17.2 Å². The minimum atomic E-state index is -1.58. The predicted octanol–water partition coefficient (Wildman–Crippen LogP) is 3.83. The number of nitrogens with one attached hydrogen (secondary N) is 1. The van der Waals surface area contributed by atoms with E-state index < -0.39 is 28.2 Å². The molecule has 3 aromatic rings. The smallest absolute Gasteiger partial charge is 0.312 e. The Bertz CT molecular complexity index is 1150. The van der Waals surface area contributed by atoms with Crippen LogP contribution in [0.3, 0.4) is 0 Å². The lowest BCUT2D eigenvalue weighted by atomic mass is 10.1. The molecule has 158 valence electrons. The van der Waals surface area contributed by atoms with Crippen LogP contribution in [0.25, 0.3) is 0 Å². The highest BCUT2D eigenvalue weighted by molar-refractivity contribution is 6.29. The molecule has 7 nitrogen and oxygen atoms in total. The van der Waals surface area contributed by atoms with Crippen molar-refractivity contribution in [2.24, 2.45) is 0 Å². The van der Waals surface area contributed by atoms with Gasteiger partial charge in [0.2, 0.25) is 11.1 Å². The summed E-state index contributed by atoms with van der Waals surface area (Å²) < 4.78 is 52.0. The minimum Gasteiger partial charge on any atom is -0.493 e. The van der Waals surface area contributed by atoms with Crippen LogP contribution < -0.4 is 20.3 Å². The zero-order valence-electron chi connectivity index (χ0n) is 16.1. The van der Waals surface area contributed by atoms with Gasteiger partial charge in [-0.3, -0.25) is 4.79 Å². The van der Waals surface area contributed by atoms with Crippen LogP contribution in [-0.2, 0) is 6.54 Å². The van der Waals surface area contributed by atoms with Gasteiger partial charge in [0.15, 0.2) is 29.0 Å². The first-order valence-corrected chi connectivity index (χ1v) is 8.89. The molecule has 0 radical (unpaired) electrons. The molecule has 30 heavy (non-hydrogen) atoms. The fraction of sp³-hybridized carbons (Fsp3) is 0.211. The molecule has 1 N–H and O–H groups in total. The molecule has 0 saturated heterocycles. The van der Waals surface area contributed by atoms with Gasteiger partial charge in [0.1, 0.15) is 0 Å². The summed E-state index contributed by atoms with van der Waals surface area (Å²) in [6, 6.07) is 4.96. The van der Waals surface area contributed by atoms with E-state index in [1.165, 1.54) is 14.2 Å². The lowest BCUT2D eigenvalue weighted by Crippen LogP contribution is -2.21. The number of rotatable bonds is 6. The van der Waals surface area contributed by atoms with Crippen LogP contribution >= 0.6 is 11.6 Å². The number of ether oxygens (including phenoxy) is 2. The van der Waals surface area contributed by atoms with E-state index in [2.05, 4.69) is 15.4 Å². The van der Waals surface area contributed by atoms with Crippen molar-refractivity contribution in [3.63, 3.8) is 0 Å². The number of nitrogens with zero attached hydrogens (tertiary/aromatic N) is 3. The molecule has 0 aliphatic rings. The molecule has 1 aromatic heterocycles. The van der Waals surface area contributed by atoms with Crippen molar-refractivity contribution in [1.29, 1.82) is 0 Å². The highest BCUT2D eigenvalue weighted by Gasteiger charge is 2.16. The average molecular weight is 441 g/mol. The van der Waals surface area contributed by atoms with Crippen LogP contribution in [0, 0.1) is 24.4 Å². The molecule has 11 heteroatoms. The predicted molar refractivity (Wildman–Crippen MR) is 104 cm³/mol. The Kier molecular flexibility index (Phi) is 6.16. The van der Waals surface area contributed by atoms with Crippen molar-refractivity contribution in [2.45, 2.75) is 13.5 Å². The molecule has 0 saturated carbocycles. The van der Waals surface area contributed by atoms with E-state index in [1.54, 1.807) is 19.1 Å². The Morgan fingerprint density at radius 2 is 1.67 bits per heavy atom. The molecule has 3 rings (SSSR count). The summed E-state index contributed by atoms with van der Waals surface area (Å²) in [5.41, 5.74) is 0.480. The van der Waals surface area contributed by atoms with Gasteiger partial charge in [-0.2, -0.15) is 10.1 Å². The van der Waals surface area contributed by atoms with E-state index in [-0.39, 0.29) is 18.1 Å². The Morgan fingerprint density at radius 3 is 2.27 bits per heavy atom. The Labute approximate surface area is 174 Å². The molecular weight excluding hydrogens is 425 g/mol. The maximum absolute atomic E-state index is 13.6. The molecule has 0 bridgehead atoms. The summed E-state index contributed by atoms with van der Waals surface area (Å²) in [6.07, 6.45) is 0. The lowest BCUT2D eigenvalue weighted by molar-refractivity contribution is 0.355. The molecule has 0 aliphatic heterocycles. The standard InChI is InChI=1S/C19H16ClF3N4O3/c1-9-4-14(29-2)15(30-3)7-13(9)24-19-25-18(28)17(20)26-27(19)8-10-5-11(21)16(23)12(22)6-10/h4-7H,8H2,1-3H3,(H,24,25,28). The summed E-state index contributed by atoms with van der Waals surface area (Å²) in [5, 5.41) is 6.39. The second kappa shape index (κ2) is 8.62. The Morgan fingerprint density at radius 1 is 1.07 bits per heavy atom. The van der Waals surface area contributed by atoms with E-state index in [9.17, 15) is 18.0 Å². The van der Waals surface area contributed by atoms with Crippen molar-refractivity contribution in [3.05, 3.63) is 68.4 Å². The number of halogens is 4. The number of hydrogen-bond acceptors (Lipinski definition) is 6. The third-order valence-corrected chi connectivity index (χ3v) is 4.43. The fourth-order valence-corrected chi connectivity index (χ4v) is 2.84. The Balaban J connectivity index is 2.04. The summed E-state index contributed by atoms with van der Waals surface area (Å²) >= 11 is 5.78. The van der Waals surface area contributed by atoms with Crippen molar-refractivity contribution in [1.82, 2.24) is 14.8 Å². The molecule has 1 heterocycles. The molecule has 2 aromatic carbocycles. The zero-order chi connectivity index (χ0) is 22.0. The van der Waals surface area contributed by atoms with Crippen LogP contribution in [-0.4, -0.2) is 29.0 Å². The molecule has 0 atom stereocenters. The maximum Gasteiger partial charge on any atom is 0.312 e. The summed E-state index contributed by atoms with van der Waals surface area (Å²) in [5.74, 6) is -3.42. The number of anilines is 2. The molecule has 0 amide bonds. The van der Waals surface area contributed by atoms with Gasteiger partial charge < -0.3 is 14.8 Å². The van der Waals surface area contributed by atoms with Gasteiger partial charge in [0, 0.05) is 11.8 Å². The lowest BCUT2D eigenvalue weighted by Gasteiger charge is -2.16. The van der Waals surface area contributed by atoms with E-state index in [0.717, 1.165) is 22.4 Å². The average Bonchev–Trinajstić information content (AvgIpc) is 2.70. The molecule has 0 spiro atoms. The van der Waals surface area contributed by atoms with Crippen molar-refractivity contribution >= 4 is 23.2 Å². The van der Waals surface area contributed by atoms with Crippen LogP contribution in [0.2, 0.25) is 5.15 Å². The normalized spacial score (nSPS) is 10.8. The van der Waals surface area contributed by atoms with Gasteiger partial charge in [-0.25, -0.2) is 17.9 Å². The maximum atomic E-state index is 13.6.